The van der Waals surface area contributed by atoms with Gasteiger partial charge in [-0.3, -0.25) is 24.4 Å². The molecule has 1 aromatic heterocycles. The molecule has 47 heavy (non-hydrogen) atoms. The highest BCUT2D eigenvalue weighted by molar-refractivity contribution is 7.92. The molecule has 0 spiro atoms. The first kappa shape index (κ1) is 31.4. The molecule has 0 unspecified atom stereocenters. The Hall–Kier alpha value is -5.57. The average molecular weight is 692 g/mol. The monoisotopic (exact) mass is 690 g/mol. The number of nitrogens with zero attached hydrogens (tertiary/aromatic N) is 5. The second-order valence-electron chi connectivity index (χ2n) is 10.1. The Balaban J connectivity index is 1.47. The quantitative estimate of drug-likeness (QED) is 0.130. The number of carbonyl (C=O) groups is 1. The van der Waals surface area contributed by atoms with Gasteiger partial charge in [-0.2, -0.15) is 9.69 Å². The topological polar surface area (TPSA) is 177 Å². The minimum atomic E-state index is -4.46. The summed E-state index contributed by atoms with van der Waals surface area (Å²) in [7, 11) is -4.46. The molecule has 0 atom stereocenters. The Kier molecular flexibility index (Phi) is 8.01. The number of carbonyl (C=O) groups excluding carboxylic acids is 1. The van der Waals surface area contributed by atoms with Crippen LogP contribution in [0.1, 0.15) is 17.0 Å². The second kappa shape index (κ2) is 12.0. The van der Waals surface area contributed by atoms with Crippen LogP contribution in [-0.2, 0) is 14.8 Å². The number of halogens is 2. The number of amidine groups is 1. The summed E-state index contributed by atoms with van der Waals surface area (Å²) in [5.41, 5.74) is -0.636. The lowest BCUT2D eigenvalue weighted by atomic mass is 10.1. The number of nitrogens with one attached hydrogen (secondary N) is 1. The first-order valence-corrected chi connectivity index (χ1v) is 15.8. The third kappa shape index (κ3) is 5.80. The molecule has 1 aliphatic heterocycles. The van der Waals surface area contributed by atoms with E-state index < -0.39 is 32.1 Å². The maximum absolute atomic E-state index is 14.1. The van der Waals surface area contributed by atoms with Crippen LogP contribution in [0.15, 0.2) is 105 Å². The molecule has 0 aliphatic carbocycles. The van der Waals surface area contributed by atoms with Gasteiger partial charge in [0.1, 0.15) is 17.3 Å². The largest absolute Gasteiger partial charge is 0.507 e. The van der Waals surface area contributed by atoms with Crippen molar-refractivity contribution in [1.29, 1.82) is 0 Å². The van der Waals surface area contributed by atoms with Crippen molar-refractivity contribution >= 4 is 73.3 Å². The molecular formula is C31H20Cl2N6O7S. The molecule has 1 aliphatic rings. The zero-order chi connectivity index (χ0) is 33.6. The minimum Gasteiger partial charge on any atom is -0.507 e. The Morgan fingerprint density at radius 1 is 0.957 bits per heavy atom. The number of aromatic nitrogens is 2. The molecule has 236 valence electrons. The van der Waals surface area contributed by atoms with Gasteiger partial charge < -0.3 is 5.11 Å². The van der Waals surface area contributed by atoms with Crippen LogP contribution in [0.2, 0.25) is 10.0 Å². The van der Waals surface area contributed by atoms with Gasteiger partial charge in [0.25, 0.3) is 27.2 Å². The first-order valence-electron chi connectivity index (χ1n) is 13.5. The highest BCUT2D eigenvalue weighted by Gasteiger charge is 2.35. The lowest BCUT2D eigenvalue weighted by Gasteiger charge is -2.22. The fourth-order valence-corrected chi connectivity index (χ4v) is 6.66. The normalized spacial score (nSPS) is 14.1. The van der Waals surface area contributed by atoms with Gasteiger partial charge in [0, 0.05) is 23.3 Å². The first-order chi connectivity index (χ1) is 22.4. The van der Waals surface area contributed by atoms with Crippen LogP contribution in [0.25, 0.3) is 17.0 Å². The maximum atomic E-state index is 14.1. The van der Waals surface area contributed by atoms with Gasteiger partial charge in [-0.25, -0.2) is 18.4 Å². The number of amides is 1. The van der Waals surface area contributed by atoms with Crippen molar-refractivity contribution in [1.82, 2.24) is 9.66 Å². The summed E-state index contributed by atoms with van der Waals surface area (Å²) in [6.45, 7) is 1.51. The minimum absolute atomic E-state index is 0.0749. The summed E-state index contributed by atoms with van der Waals surface area (Å²) in [5, 5.41) is 21.7. The fraction of sp³-hybridized carbons (Fsp3) is 0.0323. The van der Waals surface area contributed by atoms with Crippen molar-refractivity contribution in [3.8, 4) is 5.75 Å². The van der Waals surface area contributed by atoms with Crippen molar-refractivity contribution in [3.05, 3.63) is 138 Å². The molecule has 0 saturated heterocycles. The molecule has 5 aromatic rings. The molecule has 0 radical (unpaired) electrons. The van der Waals surface area contributed by atoms with Crippen LogP contribution in [0.5, 0.6) is 5.75 Å². The van der Waals surface area contributed by atoms with Crippen LogP contribution < -0.4 is 15.3 Å². The van der Waals surface area contributed by atoms with Crippen molar-refractivity contribution in [3.63, 3.8) is 0 Å². The van der Waals surface area contributed by atoms with Gasteiger partial charge in [0.15, 0.2) is 5.84 Å². The van der Waals surface area contributed by atoms with E-state index in [1.165, 1.54) is 31.2 Å². The number of aromatic hydroxyl groups is 1. The summed E-state index contributed by atoms with van der Waals surface area (Å²) in [4.78, 5) is 47.0. The predicted molar refractivity (Wildman–Crippen MR) is 177 cm³/mol. The number of nitro benzene ring substituents is 1. The number of nitro groups is 1. The number of aliphatic imine (C=N–C) groups is 1. The molecule has 0 bridgehead atoms. The molecule has 0 fully saturated rings. The number of benzene rings is 4. The molecule has 0 saturated carbocycles. The molecule has 2 heterocycles. The Bertz CT molecular complexity index is 2350. The van der Waals surface area contributed by atoms with Gasteiger partial charge >= 0.3 is 0 Å². The van der Waals surface area contributed by atoms with Gasteiger partial charge in [-0.1, -0.05) is 71.7 Å². The van der Waals surface area contributed by atoms with Crippen molar-refractivity contribution in [2.75, 3.05) is 9.73 Å². The van der Waals surface area contributed by atoms with E-state index in [1.807, 2.05) is 0 Å². The summed E-state index contributed by atoms with van der Waals surface area (Å²) in [6, 6.07) is 20.5. The number of non-ortho nitro benzene ring substituents is 1. The van der Waals surface area contributed by atoms with Gasteiger partial charge in [-0.05, 0) is 37.3 Å². The number of phenolic OH excluding ortho intramolecular Hbond substituents is 1. The Morgan fingerprint density at radius 2 is 1.62 bits per heavy atom. The molecule has 4 aromatic carbocycles. The second-order valence-corrected chi connectivity index (χ2v) is 12.6. The van der Waals surface area contributed by atoms with E-state index in [-0.39, 0.29) is 54.6 Å². The SMILES string of the molecule is Cc1nc2ccc(S(=O)(=O)Nc3c(Cl)cc([N+](=O)[O-])cc3Cl)cc2c(=O)n1N1C(=O)C(=Cc2ccccc2O)N=C1c1ccccc1. The van der Waals surface area contributed by atoms with Crippen molar-refractivity contribution in [2.45, 2.75) is 11.8 Å². The summed E-state index contributed by atoms with van der Waals surface area (Å²) < 4.78 is 30.0. The molecular weight excluding hydrogens is 671 g/mol. The predicted octanol–water partition coefficient (Wildman–Crippen LogP) is 5.39. The lowest BCUT2D eigenvalue weighted by molar-refractivity contribution is -0.384. The average Bonchev–Trinajstić information content (AvgIpc) is 3.35. The van der Waals surface area contributed by atoms with E-state index in [9.17, 15) is 33.2 Å². The number of aryl methyl sites for hydroxylation is 1. The van der Waals surface area contributed by atoms with Gasteiger partial charge in [0.2, 0.25) is 0 Å². The van der Waals surface area contributed by atoms with Crippen molar-refractivity contribution in [2.24, 2.45) is 4.99 Å². The van der Waals surface area contributed by atoms with E-state index >= 15 is 0 Å². The number of sulfonamides is 1. The number of fused-ring (bicyclic) bond motifs is 1. The zero-order valence-corrected chi connectivity index (χ0v) is 26.3. The molecule has 2 N–H and O–H groups in total. The number of para-hydroxylation sites is 1. The van der Waals surface area contributed by atoms with Crippen LogP contribution in [0.3, 0.4) is 0 Å². The summed E-state index contributed by atoms with van der Waals surface area (Å²) >= 11 is 12.2. The van der Waals surface area contributed by atoms with Crippen molar-refractivity contribution < 1.29 is 23.2 Å². The highest BCUT2D eigenvalue weighted by atomic mass is 35.5. The maximum Gasteiger partial charge on any atom is 0.297 e. The van der Waals surface area contributed by atoms with Gasteiger partial charge in [-0.15, -0.1) is 0 Å². The van der Waals surface area contributed by atoms with Crippen LogP contribution in [-0.4, -0.2) is 39.9 Å². The summed E-state index contributed by atoms with van der Waals surface area (Å²) in [6.07, 6.45) is 1.39. The standard InChI is InChI=1S/C31H20Cl2N6O7S/c1-17-34-25-12-11-21(47(45,46)36-28-23(32)14-20(39(43)44)15-24(28)33)16-22(25)30(41)37(17)38-29(18-7-3-2-4-8-18)35-26(31(38)42)13-19-9-5-6-10-27(19)40/h2-16,36,40H,1H3. The van der Waals surface area contributed by atoms with Crippen LogP contribution in [0, 0.1) is 17.0 Å². The molecule has 16 heteroatoms. The number of phenols is 1. The number of anilines is 1. The van der Waals surface area contributed by atoms with Crippen LogP contribution >= 0.6 is 23.2 Å². The lowest BCUT2D eigenvalue weighted by Crippen LogP contribution is -2.49. The molecule has 13 nitrogen and oxygen atoms in total. The third-order valence-electron chi connectivity index (χ3n) is 7.06. The fourth-order valence-electron chi connectivity index (χ4n) is 4.85. The van der Waals surface area contributed by atoms with Crippen LogP contribution in [0.4, 0.5) is 11.4 Å². The Labute approximate surface area is 275 Å². The zero-order valence-electron chi connectivity index (χ0n) is 24.0. The number of rotatable bonds is 7. The number of hydrogen-bond donors (Lipinski definition) is 2. The highest BCUT2D eigenvalue weighted by Crippen LogP contribution is 2.36. The van der Waals surface area contributed by atoms with E-state index in [4.69, 9.17) is 23.2 Å². The molecule has 1 amide bonds. The van der Waals surface area contributed by atoms with E-state index in [0.717, 1.165) is 27.9 Å². The Morgan fingerprint density at radius 3 is 2.28 bits per heavy atom. The van der Waals surface area contributed by atoms with E-state index in [2.05, 4.69) is 14.7 Å². The van der Waals surface area contributed by atoms with Gasteiger partial charge in [0.05, 0.1) is 36.5 Å². The number of hydrogen-bond acceptors (Lipinski definition) is 9. The van der Waals surface area contributed by atoms with E-state index in [0.29, 0.717) is 11.1 Å². The smallest absolute Gasteiger partial charge is 0.297 e. The molecule has 6 rings (SSSR count). The summed E-state index contributed by atoms with van der Waals surface area (Å²) in [5.74, 6) is -0.591. The van der Waals surface area contributed by atoms with E-state index in [1.54, 1.807) is 48.5 Å². The third-order valence-corrected chi connectivity index (χ3v) is 9.01.